The molecule has 0 amide bonds. The molecule has 0 bridgehead atoms. The van der Waals surface area contributed by atoms with Crippen LogP contribution < -0.4 is 20.4 Å². The van der Waals surface area contributed by atoms with Crippen molar-refractivity contribution >= 4 is 23.9 Å². The molecule has 1 fully saturated rings. The minimum Gasteiger partial charge on any atom is -0.426 e. The molecule has 1 saturated carbocycles. The minimum absolute atomic E-state index is 0.326. The van der Waals surface area contributed by atoms with E-state index in [1.807, 2.05) is 13.8 Å². The summed E-state index contributed by atoms with van der Waals surface area (Å²) in [6.07, 6.45) is 5.78. The van der Waals surface area contributed by atoms with Gasteiger partial charge in [-0.05, 0) is 87.1 Å². The van der Waals surface area contributed by atoms with Crippen LogP contribution in [-0.2, 0) is 19.3 Å². The van der Waals surface area contributed by atoms with Gasteiger partial charge in [-0.2, -0.15) is 11.0 Å². The highest BCUT2D eigenvalue weighted by Crippen LogP contribution is 2.31. The zero-order valence-corrected chi connectivity index (χ0v) is 23.1. The van der Waals surface area contributed by atoms with E-state index >= 15 is 0 Å². The molecule has 0 radical (unpaired) electrons. The molecule has 2 aromatic rings. The van der Waals surface area contributed by atoms with Crippen molar-refractivity contribution in [3.63, 3.8) is 0 Å². The van der Waals surface area contributed by atoms with Crippen molar-refractivity contribution in [2.75, 3.05) is 13.1 Å². The average molecular weight is 555 g/mol. The number of rotatable bonds is 14. The fourth-order valence-electron chi connectivity index (χ4n) is 4.13. The molecule has 2 N–H and O–H groups in total. The molecule has 216 valence electrons. The lowest BCUT2D eigenvalue weighted by molar-refractivity contribution is -0.145. The van der Waals surface area contributed by atoms with Crippen LogP contribution >= 0.6 is 0 Å². The summed E-state index contributed by atoms with van der Waals surface area (Å²) in [7, 11) is 0. The first-order chi connectivity index (χ1) is 19.4. The second-order valence-corrected chi connectivity index (χ2v) is 9.71. The number of nitrogens with one attached hydrogen (secondary N) is 2. The number of ether oxygens (including phenoxy) is 2. The molecule has 0 heterocycles. The Balaban J connectivity index is 1.39. The minimum atomic E-state index is -0.507. The predicted molar refractivity (Wildman–Crippen MR) is 146 cm³/mol. The normalized spacial score (nSPS) is 16.6. The fourth-order valence-corrected chi connectivity index (χ4v) is 4.13. The zero-order chi connectivity index (χ0) is 28.7. The van der Waals surface area contributed by atoms with Crippen molar-refractivity contribution in [2.45, 2.75) is 65.2 Å². The van der Waals surface area contributed by atoms with E-state index in [1.54, 1.807) is 48.5 Å². The van der Waals surface area contributed by atoms with Crippen molar-refractivity contribution in [2.24, 2.45) is 11.8 Å². The maximum atomic E-state index is 12.7. The van der Waals surface area contributed by atoms with Crippen molar-refractivity contribution in [1.29, 1.82) is 0 Å². The average Bonchev–Trinajstić information content (AvgIpc) is 2.98. The molecule has 10 heteroatoms. The molecule has 1 aliphatic rings. The van der Waals surface area contributed by atoms with Gasteiger partial charge in [-0.15, -0.1) is 0 Å². The summed E-state index contributed by atoms with van der Waals surface area (Å²) in [6.45, 7) is 5.25. The van der Waals surface area contributed by atoms with Crippen molar-refractivity contribution in [3.8, 4) is 11.5 Å². The van der Waals surface area contributed by atoms with Crippen LogP contribution in [-0.4, -0.2) is 37.0 Å². The second kappa shape index (κ2) is 16.4. The van der Waals surface area contributed by atoms with E-state index in [9.17, 15) is 19.2 Å². The molecule has 0 saturated heterocycles. The maximum Gasteiger partial charge on any atom is 0.356 e. The summed E-state index contributed by atoms with van der Waals surface area (Å²) in [6, 6.07) is 12.4. The number of hydrogen-bond acceptors (Lipinski definition) is 10. The topological polar surface area (TPSA) is 129 Å². The van der Waals surface area contributed by atoms with Crippen LogP contribution in [0.15, 0.2) is 48.5 Å². The quantitative estimate of drug-likeness (QED) is 0.144. The highest BCUT2D eigenvalue weighted by atomic mass is 16.7. The maximum absolute atomic E-state index is 12.7. The van der Waals surface area contributed by atoms with Crippen LogP contribution in [0, 0.1) is 11.8 Å². The Kier molecular flexibility index (Phi) is 12.6. The molecule has 0 atom stereocenters. The summed E-state index contributed by atoms with van der Waals surface area (Å²) >= 11 is 0. The van der Waals surface area contributed by atoms with E-state index in [1.165, 1.54) is 0 Å². The molecule has 3 rings (SSSR count). The SMILES string of the molecule is CCCCNOC(=O)c1ccc(OC(=O)C2CCC(C(=O)Oc3ccc(C(=O)ONCCCC)cc3)CC2)cc1. The Morgan fingerprint density at radius 3 is 1.30 bits per heavy atom. The largest absolute Gasteiger partial charge is 0.426 e. The summed E-state index contributed by atoms with van der Waals surface area (Å²) in [4.78, 5) is 59.4. The third-order valence-electron chi connectivity index (χ3n) is 6.61. The number of hydroxylamine groups is 2. The Bertz CT molecular complexity index is 1020. The third-order valence-corrected chi connectivity index (χ3v) is 6.61. The van der Waals surface area contributed by atoms with E-state index in [0.29, 0.717) is 61.4 Å². The Labute approximate surface area is 234 Å². The number of hydrogen-bond donors (Lipinski definition) is 2. The van der Waals surface area contributed by atoms with Crippen molar-refractivity contribution in [3.05, 3.63) is 59.7 Å². The molecule has 0 spiro atoms. The van der Waals surface area contributed by atoms with Gasteiger partial charge in [0.05, 0.1) is 23.0 Å². The molecular formula is C30H38N2O8. The van der Waals surface area contributed by atoms with Crippen LogP contribution in [0.5, 0.6) is 11.5 Å². The van der Waals surface area contributed by atoms with Crippen LogP contribution in [0.25, 0.3) is 0 Å². The van der Waals surface area contributed by atoms with Gasteiger partial charge in [0, 0.05) is 13.1 Å². The Hall–Kier alpha value is -3.76. The van der Waals surface area contributed by atoms with E-state index in [0.717, 1.165) is 25.7 Å². The first-order valence-corrected chi connectivity index (χ1v) is 13.9. The van der Waals surface area contributed by atoms with Gasteiger partial charge in [-0.1, -0.05) is 26.7 Å². The summed E-state index contributed by atoms with van der Waals surface area (Å²) < 4.78 is 11.0. The summed E-state index contributed by atoms with van der Waals surface area (Å²) in [5.74, 6) is -1.72. The monoisotopic (exact) mass is 554 g/mol. The smallest absolute Gasteiger partial charge is 0.356 e. The van der Waals surface area contributed by atoms with Gasteiger partial charge < -0.3 is 19.1 Å². The van der Waals surface area contributed by atoms with Crippen molar-refractivity contribution < 1.29 is 38.3 Å². The third kappa shape index (κ3) is 9.77. The van der Waals surface area contributed by atoms with Gasteiger partial charge in [0.25, 0.3) is 0 Å². The van der Waals surface area contributed by atoms with E-state index in [2.05, 4.69) is 11.0 Å². The lowest BCUT2D eigenvalue weighted by Crippen LogP contribution is -2.30. The number of esters is 2. The molecule has 0 aromatic heterocycles. The van der Waals surface area contributed by atoms with Crippen LogP contribution in [0.3, 0.4) is 0 Å². The second-order valence-electron chi connectivity index (χ2n) is 9.71. The Morgan fingerprint density at radius 2 is 0.975 bits per heavy atom. The molecular weight excluding hydrogens is 516 g/mol. The van der Waals surface area contributed by atoms with Gasteiger partial charge in [0.1, 0.15) is 11.5 Å². The summed E-state index contributed by atoms with van der Waals surface area (Å²) in [5, 5.41) is 0. The molecule has 0 aliphatic heterocycles. The number of benzene rings is 2. The van der Waals surface area contributed by atoms with E-state index in [-0.39, 0.29) is 23.8 Å². The lowest BCUT2D eigenvalue weighted by Gasteiger charge is -2.25. The molecule has 2 aromatic carbocycles. The van der Waals surface area contributed by atoms with Gasteiger partial charge in [0.2, 0.25) is 0 Å². The number of carbonyl (C=O) groups excluding carboxylic acids is 4. The lowest BCUT2D eigenvalue weighted by atomic mass is 9.82. The zero-order valence-electron chi connectivity index (χ0n) is 23.1. The highest BCUT2D eigenvalue weighted by molar-refractivity contribution is 5.90. The number of carbonyl (C=O) groups is 4. The fraction of sp³-hybridized carbons (Fsp3) is 0.467. The van der Waals surface area contributed by atoms with E-state index in [4.69, 9.17) is 19.1 Å². The van der Waals surface area contributed by atoms with Crippen LogP contribution in [0.4, 0.5) is 0 Å². The molecule has 0 unspecified atom stereocenters. The van der Waals surface area contributed by atoms with Crippen molar-refractivity contribution in [1.82, 2.24) is 11.0 Å². The molecule has 1 aliphatic carbocycles. The predicted octanol–water partition coefficient (Wildman–Crippen LogP) is 4.93. The first-order valence-electron chi connectivity index (χ1n) is 13.9. The number of unbranched alkanes of at least 4 members (excludes halogenated alkanes) is 2. The first kappa shape index (κ1) is 30.8. The van der Waals surface area contributed by atoms with E-state index < -0.39 is 11.9 Å². The van der Waals surface area contributed by atoms with Crippen LogP contribution in [0.2, 0.25) is 0 Å². The molecule has 10 nitrogen and oxygen atoms in total. The molecule has 40 heavy (non-hydrogen) atoms. The highest BCUT2D eigenvalue weighted by Gasteiger charge is 2.32. The Morgan fingerprint density at radius 1 is 0.625 bits per heavy atom. The van der Waals surface area contributed by atoms with Gasteiger partial charge >= 0.3 is 23.9 Å². The van der Waals surface area contributed by atoms with Gasteiger partial charge in [0.15, 0.2) is 0 Å². The van der Waals surface area contributed by atoms with Crippen LogP contribution in [0.1, 0.15) is 85.9 Å². The van der Waals surface area contributed by atoms with Gasteiger partial charge in [-0.25, -0.2) is 9.59 Å². The van der Waals surface area contributed by atoms with Gasteiger partial charge in [-0.3, -0.25) is 9.59 Å². The standard InChI is InChI=1S/C30H38N2O8/c1-3-5-19-31-39-29(35)23-11-15-25(16-12-23)37-27(33)21-7-9-22(10-8-21)28(34)38-26-17-13-24(14-18-26)30(36)40-32-20-6-4-2/h11-18,21-22,31-32H,3-10,19-20H2,1-2H3. The summed E-state index contributed by atoms with van der Waals surface area (Å²) in [5.41, 5.74) is 5.94.